The van der Waals surface area contributed by atoms with Crippen LogP contribution < -0.4 is 5.32 Å². The third-order valence-corrected chi connectivity index (χ3v) is 2.45. The van der Waals surface area contributed by atoms with Crippen LogP contribution in [-0.2, 0) is 0 Å². The van der Waals surface area contributed by atoms with Crippen LogP contribution in [0.3, 0.4) is 0 Å². The molecule has 21 heavy (non-hydrogen) atoms. The molecule has 0 aliphatic rings. The summed E-state index contributed by atoms with van der Waals surface area (Å²) >= 11 is 0. The Kier molecular flexibility index (Phi) is 4.33. The lowest BCUT2D eigenvalue weighted by Gasteiger charge is -2.02. The summed E-state index contributed by atoms with van der Waals surface area (Å²) in [6.45, 7) is -0.226. The normalized spacial score (nSPS) is 9.57. The van der Waals surface area contributed by atoms with Crippen LogP contribution in [0.5, 0.6) is 0 Å². The van der Waals surface area contributed by atoms with E-state index in [2.05, 4.69) is 17.2 Å². The van der Waals surface area contributed by atoms with Gasteiger partial charge in [-0.05, 0) is 30.3 Å². The number of aliphatic hydroxyl groups excluding tert-OH is 1. The monoisotopic (exact) mass is 286 g/mol. The van der Waals surface area contributed by atoms with Crippen LogP contribution in [0, 0.1) is 22.0 Å². The van der Waals surface area contributed by atoms with Crippen molar-refractivity contribution >= 4 is 17.5 Å². The van der Waals surface area contributed by atoms with Crippen molar-refractivity contribution in [2.45, 2.75) is 0 Å². The first-order chi connectivity index (χ1) is 10.1. The van der Waals surface area contributed by atoms with Crippen molar-refractivity contribution < 1.29 is 19.2 Å². The summed E-state index contributed by atoms with van der Waals surface area (Å²) in [5, 5.41) is 21.6. The van der Waals surface area contributed by atoms with Crippen LogP contribution in [0.25, 0.3) is 0 Å². The molecule has 0 aliphatic carbocycles. The van der Waals surface area contributed by atoms with Gasteiger partial charge in [0, 0.05) is 11.3 Å². The van der Waals surface area contributed by atoms with Crippen molar-refractivity contribution in [2.24, 2.45) is 0 Å². The smallest absolute Gasteiger partial charge is 0.395 e. The molecular weight excluding hydrogens is 276 g/mol. The summed E-state index contributed by atoms with van der Waals surface area (Å²) in [5.74, 6) is 4.00. The predicted octanol–water partition coefficient (Wildman–Crippen LogP) is 1.78. The number of anilines is 1. The number of aliphatic hydroxyl groups is 1. The van der Waals surface area contributed by atoms with Gasteiger partial charge in [-0.15, -0.1) is 0 Å². The molecule has 0 bridgehead atoms. The molecule has 0 radical (unpaired) electrons. The number of nitrogens with zero attached hydrogens (tertiary/aromatic N) is 1. The number of nitrogens with one attached hydrogen (secondary N) is 1. The molecule has 2 N–H and O–H groups in total. The fourth-order valence-corrected chi connectivity index (χ4v) is 1.52. The van der Waals surface area contributed by atoms with Gasteiger partial charge in [-0.1, -0.05) is 11.8 Å². The number of nitro groups is 1. The van der Waals surface area contributed by atoms with E-state index < -0.39 is 16.7 Å². The first-order valence-corrected chi connectivity index (χ1v) is 5.85. The third kappa shape index (κ3) is 3.68. The molecule has 1 aromatic heterocycles. The largest absolute Gasteiger partial charge is 0.433 e. The summed E-state index contributed by atoms with van der Waals surface area (Å²) in [4.78, 5) is 21.6. The van der Waals surface area contributed by atoms with E-state index in [0.717, 1.165) is 6.07 Å². The van der Waals surface area contributed by atoms with Gasteiger partial charge in [0.2, 0.25) is 0 Å². The lowest BCUT2D eigenvalue weighted by molar-refractivity contribution is -0.402. The van der Waals surface area contributed by atoms with Gasteiger partial charge in [-0.2, -0.15) is 0 Å². The molecule has 2 rings (SSSR count). The van der Waals surface area contributed by atoms with Gasteiger partial charge in [0.05, 0.1) is 6.07 Å². The quantitative estimate of drug-likeness (QED) is 0.508. The highest BCUT2D eigenvalue weighted by molar-refractivity contribution is 6.02. The van der Waals surface area contributed by atoms with Crippen molar-refractivity contribution in [1.82, 2.24) is 0 Å². The Morgan fingerprint density at radius 3 is 2.57 bits per heavy atom. The number of hydrogen-bond acceptors (Lipinski definition) is 5. The molecule has 7 nitrogen and oxygen atoms in total. The zero-order valence-corrected chi connectivity index (χ0v) is 10.7. The van der Waals surface area contributed by atoms with E-state index in [-0.39, 0.29) is 12.4 Å². The number of hydrogen-bond donors (Lipinski definition) is 2. The van der Waals surface area contributed by atoms with Gasteiger partial charge in [0.25, 0.3) is 5.91 Å². The number of carbonyl (C=O) groups is 1. The Balaban J connectivity index is 2.06. The minimum absolute atomic E-state index is 0.147. The highest BCUT2D eigenvalue weighted by Crippen LogP contribution is 2.17. The number of rotatable bonds is 3. The Bertz CT molecular complexity index is 722. The first kappa shape index (κ1) is 14.3. The zero-order valence-electron chi connectivity index (χ0n) is 10.7. The highest BCUT2D eigenvalue weighted by Gasteiger charge is 2.17. The molecule has 0 fully saturated rings. The fraction of sp³-hybridized carbons (Fsp3) is 0.0714. The Morgan fingerprint density at radius 1 is 1.29 bits per heavy atom. The molecule has 106 valence electrons. The van der Waals surface area contributed by atoms with Crippen molar-refractivity contribution in [3.05, 3.63) is 57.8 Å². The van der Waals surface area contributed by atoms with Crippen LogP contribution in [0.4, 0.5) is 11.6 Å². The van der Waals surface area contributed by atoms with Crippen LogP contribution in [0.15, 0.2) is 40.8 Å². The van der Waals surface area contributed by atoms with E-state index in [1.165, 1.54) is 6.07 Å². The molecule has 0 atom stereocenters. The SMILES string of the molecule is O=C(Nc1ccc(C#CCO)cc1)c1ccc([N+](=O)[O-])o1. The second kappa shape index (κ2) is 6.36. The van der Waals surface area contributed by atoms with E-state index in [1.54, 1.807) is 24.3 Å². The maximum Gasteiger partial charge on any atom is 0.433 e. The number of furan rings is 1. The van der Waals surface area contributed by atoms with Crippen molar-refractivity contribution in [2.75, 3.05) is 11.9 Å². The molecule has 1 heterocycles. The van der Waals surface area contributed by atoms with Gasteiger partial charge >= 0.3 is 5.88 Å². The van der Waals surface area contributed by atoms with Gasteiger partial charge in [0.15, 0.2) is 5.76 Å². The van der Waals surface area contributed by atoms with E-state index >= 15 is 0 Å². The lowest BCUT2D eigenvalue weighted by atomic mass is 10.2. The minimum Gasteiger partial charge on any atom is -0.395 e. The summed E-state index contributed by atoms with van der Waals surface area (Å²) < 4.78 is 4.79. The number of benzene rings is 1. The highest BCUT2D eigenvalue weighted by atomic mass is 16.6. The lowest BCUT2D eigenvalue weighted by Crippen LogP contribution is -2.10. The second-order valence-corrected chi connectivity index (χ2v) is 3.89. The van der Waals surface area contributed by atoms with Gasteiger partial charge in [-0.3, -0.25) is 14.9 Å². The molecule has 0 spiro atoms. The summed E-state index contributed by atoms with van der Waals surface area (Å²) in [6.07, 6.45) is 0. The topological polar surface area (TPSA) is 106 Å². The van der Waals surface area contributed by atoms with Gasteiger partial charge in [0.1, 0.15) is 11.5 Å². The first-order valence-electron chi connectivity index (χ1n) is 5.85. The minimum atomic E-state index is -0.717. The van der Waals surface area contributed by atoms with E-state index in [4.69, 9.17) is 9.52 Å². The molecule has 0 aliphatic heterocycles. The number of amides is 1. The molecule has 2 aromatic rings. The van der Waals surface area contributed by atoms with Crippen molar-refractivity contribution in [1.29, 1.82) is 0 Å². The van der Waals surface area contributed by atoms with Crippen LogP contribution in [-0.4, -0.2) is 22.5 Å². The van der Waals surface area contributed by atoms with E-state index in [1.807, 2.05) is 0 Å². The van der Waals surface area contributed by atoms with Gasteiger partial charge < -0.3 is 14.8 Å². The molecule has 7 heteroatoms. The standard InChI is InChI=1S/C14H10N2O5/c17-9-1-2-10-3-5-11(6-4-10)15-14(18)12-7-8-13(21-12)16(19)20/h3-8,17H,9H2,(H,15,18). The Morgan fingerprint density at radius 2 is 2.00 bits per heavy atom. The summed E-state index contributed by atoms with van der Waals surface area (Å²) in [5.41, 5.74) is 1.18. The van der Waals surface area contributed by atoms with Crippen molar-refractivity contribution in [3.8, 4) is 11.8 Å². The van der Waals surface area contributed by atoms with Gasteiger partial charge in [-0.25, -0.2) is 0 Å². The van der Waals surface area contributed by atoms with Crippen LogP contribution in [0.1, 0.15) is 16.1 Å². The average molecular weight is 286 g/mol. The molecule has 0 saturated carbocycles. The fourth-order valence-electron chi connectivity index (χ4n) is 1.52. The molecule has 1 amide bonds. The Labute approximate surface area is 119 Å². The predicted molar refractivity (Wildman–Crippen MR) is 73.7 cm³/mol. The summed E-state index contributed by atoms with van der Waals surface area (Å²) in [6, 6.07) is 8.93. The van der Waals surface area contributed by atoms with Crippen molar-refractivity contribution in [3.63, 3.8) is 0 Å². The molecule has 1 aromatic carbocycles. The molecular formula is C14H10N2O5. The van der Waals surface area contributed by atoms with Crippen LogP contribution in [0.2, 0.25) is 0 Å². The maximum atomic E-state index is 11.8. The zero-order chi connectivity index (χ0) is 15.2. The summed E-state index contributed by atoms with van der Waals surface area (Å²) in [7, 11) is 0. The third-order valence-electron chi connectivity index (χ3n) is 2.45. The Hall–Kier alpha value is -3.11. The van der Waals surface area contributed by atoms with E-state index in [9.17, 15) is 14.9 Å². The average Bonchev–Trinajstić information content (AvgIpc) is 2.97. The molecule has 0 unspecified atom stereocenters. The molecule has 0 saturated heterocycles. The van der Waals surface area contributed by atoms with Crippen LogP contribution >= 0.6 is 0 Å². The van der Waals surface area contributed by atoms with E-state index in [0.29, 0.717) is 11.3 Å². The second-order valence-electron chi connectivity index (χ2n) is 3.89. The maximum absolute atomic E-state index is 11.8. The number of carbonyl (C=O) groups excluding carboxylic acids is 1.